The van der Waals surface area contributed by atoms with Gasteiger partial charge in [0.15, 0.2) is 0 Å². The minimum atomic E-state index is -0.490. The Morgan fingerprint density at radius 1 is 1.35 bits per heavy atom. The number of aliphatic hydroxyl groups is 1. The van der Waals surface area contributed by atoms with Crippen LogP contribution in [0.2, 0.25) is 0 Å². The Kier molecular flexibility index (Phi) is 3.49. The summed E-state index contributed by atoms with van der Waals surface area (Å²) in [7, 11) is 0. The smallest absolute Gasteiger partial charge is 0.132 e. The number of thiazole rings is 1. The normalized spacial score (nSPS) is 10.8. The first kappa shape index (κ1) is 12.1. The third-order valence-corrected chi connectivity index (χ3v) is 3.38. The zero-order chi connectivity index (χ0) is 12.4. The fraction of sp³-hybridized carbons (Fsp3) is 0.250. The molecule has 0 atom stereocenters. The second kappa shape index (κ2) is 4.89. The standard InChI is InChI=1S/C12H11F2NOS/c1-7-12(15-11(17-7)4-5-16)9-6-8(13)2-3-10(9)14/h2-3,6,16H,4-5H2,1H3. The van der Waals surface area contributed by atoms with Crippen LogP contribution in [-0.4, -0.2) is 16.7 Å². The van der Waals surface area contributed by atoms with Gasteiger partial charge in [-0.15, -0.1) is 11.3 Å². The average Bonchev–Trinajstić information content (AvgIpc) is 2.64. The van der Waals surface area contributed by atoms with Crippen LogP contribution in [-0.2, 0) is 6.42 Å². The molecule has 0 unspecified atom stereocenters. The molecule has 2 nitrogen and oxygen atoms in total. The van der Waals surface area contributed by atoms with Gasteiger partial charge in [-0.05, 0) is 25.1 Å². The minimum absolute atomic E-state index is 0.00196. The Morgan fingerprint density at radius 2 is 2.12 bits per heavy atom. The Balaban J connectivity index is 2.48. The molecule has 1 aromatic heterocycles. The summed E-state index contributed by atoms with van der Waals surface area (Å²) in [5.74, 6) is -0.979. The van der Waals surface area contributed by atoms with Crippen LogP contribution < -0.4 is 0 Å². The zero-order valence-corrected chi connectivity index (χ0v) is 10.0. The highest BCUT2D eigenvalue weighted by Crippen LogP contribution is 2.30. The SMILES string of the molecule is Cc1sc(CCO)nc1-c1cc(F)ccc1F. The van der Waals surface area contributed by atoms with Crippen molar-refractivity contribution in [1.29, 1.82) is 0 Å². The number of aliphatic hydroxyl groups excluding tert-OH is 1. The van der Waals surface area contributed by atoms with Crippen molar-refractivity contribution >= 4 is 11.3 Å². The molecule has 1 heterocycles. The maximum atomic E-state index is 13.6. The lowest BCUT2D eigenvalue weighted by molar-refractivity contribution is 0.299. The van der Waals surface area contributed by atoms with Gasteiger partial charge in [0.25, 0.3) is 0 Å². The Hall–Kier alpha value is -1.33. The molecule has 2 aromatic rings. The highest BCUT2D eigenvalue weighted by Gasteiger charge is 2.14. The van der Waals surface area contributed by atoms with Crippen molar-refractivity contribution in [2.24, 2.45) is 0 Å². The van der Waals surface area contributed by atoms with E-state index in [0.29, 0.717) is 12.1 Å². The lowest BCUT2D eigenvalue weighted by Gasteiger charge is -2.01. The molecule has 0 saturated heterocycles. The molecular weight excluding hydrogens is 244 g/mol. The Bertz CT molecular complexity index is 539. The fourth-order valence-corrected chi connectivity index (χ4v) is 2.52. The van der Waals surface area contributed by atoms with Gasteiger partial charge in [0, 0.05) is 23.5 Å². The van der Waals surface area contributed by atoms with Crippen molar-refractivity contribution in [1.82, 2.24) is 4.98 Å². The largest absolute Gasteiger partial charge is 0.396 e. The number of nitrogens with zero attached hydrogens (tertiary/aromatic N) is 1. The van der Waals surface area contributed by atoms with Crippen molar-refractivity contribution in [3.8, 4) is 11.3 Å². The topological polar surface area (TPSA) is 33.1 Å². The third kappa shape index (κ3) is 2.50. The molecule has 2 rings (SSSR count). The summed E-state index contributed by atoms with van der Waals surface area (Å²) in [6, 6.07) is 3.31. The molecule has 5 heteroatoms. The lowest BCUT2D eigenvalue weighted by atomic mass is 10.1. The van der Waals surface area contributed by atoms with Crippen molar-refractivity contribution in [2.45, 2.75) is 13.3 Å². The molecular formula is C12H11F2NOS. The quantitative estimate of drug-likeness (QED) is 0.914. The van der Waals surface area contributed by atoms with E-state index in [1.807, 2.05) is 0 Å². The van der Waals surface area contributed by atoms with E-state index in [2.05, 4.69) is 4.98 Å². The second-order valence-corrected chi connectivity index (χ2v) is 4.90. The van der Waals surface area contributed by atoms with Crippen LogP contribution in [0.4, 0.5) is 8.78 Å². The van der Waals surface area contributed by atoms with E-state index in [1.165, 1.54) is 11.3 Å². The van der Waals surface area contributed by atoms with E-state index < -0.39 is 11.6 Å². The summed E-state index contributed by atoms with van der Waals surface area (Å²) in [5, 5.41) is 9.55. The van der Waals surface area contributed by atoms with Crippen LogP contribution >= 0.6 is 11.3 Å². The summed E-state index contributed by atoms with van der Waals surface area (Å²) < 4.78 is 26.7. The van der Waals surface area contributed by atoms with Crippen molar-refractivity contribution in [2.75, 3.05) is 6.61 Å². The van der Waals surface area contributed by atoms with Crippen molar-refractivity contribution in [3.05, 3.63) is 39.7 Å². The third-order valence-electron chi connectivity index (χ3n) is 2.35. The van der Waals surface area contributed by atoms with E-state index in [1.54, 1.807) is 6.92 Å². The predicted molar refractivity (Wildman–Crippen MR) is 63.0 cm³/mol. The summed E-state index contributed by atoms with van der Waals surface area (Å²) in [6.07, 6.45) is 0.433. The lowest BCUT2D eigenvalue weighted by Crippen LogP contribution is -1.91. The van der Waals surface area contributed by atoms with Crippen molar-refractivity contribution in [3.63, 3.8) is 0 Å². The van der Waals surface area contributed by atoms with E-state index >= 15 is 0 Å². The maximum Gasteiger partial charge on any atom is 0.132 e. The molecule has 0 aliphatic rings. The fourth-order valence-electron chi connectivity index (χ4n) is 1.58. The van der Waals surface area contributed by atoms with Gasteiger partial charge >= 0.3 is 0 Å². The van der Waals surface area contributed by atoms with Gasteiger partial charge in [0.1, 0.15) is 11.6 Å². The molecule has 0 amide bonds. The van der Waals surface area contributed by atoms with Crippen LogP contribution in [0, 0.1) is 18.6 Å². The number of halogens is 2. The van der Waals surface area contributed by atoms with Gasteiger partial charge in [0.2, 0.25) is 0 Å². The summed E-state index contributed by atoms with van der Waals surface area (Å²) >= 11 is 1.39. The highest BCUT2D eigenvalue weighted by molar-refractivity contribution is 7.12. The zero-order valence-electron chi connectivity index (χ0n) is 9.20. The molecule has 0 radical (unpaired) electrons. The number of rotatable bonds is 3. The number of aromatic nitrogens is 1. The van der Waals surface area contributed by atoms with Crippen LogP contribution in [0.5, 0.6) is 0 Å². The first-order valence-electron chi connectivity index (χ1n) is 5.14. The van der Waals surface area contributed by atoms with Crippen LogP contribution in [0.15, 0.2) is 18.2 Å². The molecule has 90 valence electrons. The number of benzene rings is 1. The van der Waals surface area contributed by atoms with Crippen LogP contribution in [0.25, 0.3) is 11.3 Å². The molecule has 0 saturated carbocycles. The van der Waals surface area contributed by atoms with E-state index in [4.69, 9.17) is 5.11 Å². The Labute approximate surface area is 102 Å². The predicted octanol–water partition coefficient (Wildman–Crippen LogP) is 2.93. The second-order valence-electron chi connectivity index (χ2n) is 3.61. The number of aryl methyl sites for hydroxylation is 1. The van der Waals surface area contributed by atoms with Gasteiger partial charge < -0.3 is 5.11 Å². The molecule has 0 bridgehead atoms. The van der Waals surface area contributed by atoms with Crippen molar-refractivity contribution < 1.29 is 13.9 Å². The first-order valence-corrected chi connectivity index (χ1v) is 5.96. The molecule has 0 aliphatic heterocycles. The summed E-state index contributed by atoms with van der Waals surface area (Å²) in [5.41, 5.74) is 0.624. The van der Waals surface area contributed by atoms with Crippen LogP contribution in [0.1, 0.15) is 9.88 Å². The van der Waals surface area contributed by atoms with Crippen LogP contribution in [0.3, 0.4) is 0 Å². The minimum Gasteiger partial charge on any atom is -0.396 e. The monoisotopic (exact) mass is 255 g/mol. The molecule has 0 aliphatic carbocycles. The summed E-state index contributed by atoms with van der Waals surface area (Å²) in [4.78, 5) is 5.04. The first-order chi connectivity index (χ1) is 8.11. The van der Waals surface area contributed by atoms with Gasteiger partial charge in [-0.1, -0.05) is 0 Å². The molecule has 17 heavy (non-hydrogen) atoms. The highest BCUT2D eigenvalue weighted by atomic mass is 32.1. The van der Waals surface area contributed by atoms with E-state index in [9.17, 15) is 8.78 Å². The van der Waals surface area contributed by atoms with Gasteiger partial charge in [-0.3, -0.25) is 0 Å². The number of hydrogen-bond donors (Lipinski definition) is 1. The maximum absolute atomic E-state index is 13.6. The molecule has 1 N–H and O–H groups in total. The molecule has 0 fully saturated rings. The summed E-state index contributed by atoms with van der Waals surface area (Å²) in [6.45, 7) is 1.80. The average molecular weight is 255 g/mol. The van der Waals surface area contributed by atoms with E-state index in [0.717, 1.165) is 28.1 Å². The Morgan fingerprint density at radius 3 is 2.82 bits per heavy atom. The van der Waals surface area contributed by atoms with E-state index in [-0.39, 0.29) is 12.2 Å². The number of hydrogen-bond acceptors (Lipinski definition) is 3. The van der Waals surface area contributed by atoms with Gasteiger partial charge in [-0.25, -0.2) is 13.8 Å². The molecule has 0 spiro atoms. The van der Waals surface area contributed by atoms with Gasteiger partial charge in [0.05, 0.1) is 10.7 Å². The molecule has 1 aromatic carbocycles. The van der Waals surface area contributed by atoms with Gasteiger partial charge in [-0.2, -0.15) is 0 Å².